The lowest BCUT2D eigenvalue weighted by Crippen LogP contribution is -2.73. The van der Waals surface area contributed by atoms with Gasteiger partial charge in [0.15, 0.2) is 13.2 Å². The van der Waals surface area contributed by atoms with E-state index in [0.29, 0.717) is 30.4 Å². The highest BCUT2D eigenvalue weighted by molar-refractivity contribution is 5.98. The van der Waals surface area contributed by atoms with Crippen molar-refractivity contribution < 1.29 is 34.1 Å². The van der Waals surface area contributed by atoms with Gasteiger partial charge in [0.1, 0.15) is 23.9 Å². The van der Waals surface area contributed by atoms with Gasteiger partial charge in [-0.15, -0.1) is 0 Å². The van der Waals surface area contributed by atoms with E-state index < -0.39 is 5.97 Å². The standard InChI is InChI=1S/C25H30N2O6/c1-6-9-32-26-22(18-7-8-24-23(12-18)27(5)17(4)14-31-24)15-30-20-10-19(25(28)29)11-21(13-20)33-16(2)3/h7-8,10-13,16H,4,6,9,14-15H2,1-3,5H3,(H,28,29)/p+1/b26-22+. The third-order valence-corrected chi connectivity index (χ3v) is 4.92. The number of nitrogens with zero attached hydrogens (tertiary/aromatic N) is 1. The fraction of sp³-hybridized carbons (Fsp3) is 0.360. The van der Waals surface area contributed by atoms with Gasteiger partial charge in [0.05, 0.1) is 22.9 Å². The monoisotopic (exact) mass is 455 g/mol. The molecule has 0 atom stereocenters. The molecule has 0 spiro atoms. The number of hydrogen-bond acceptors (Lipinski definition) is 6. The molecule has 8 nitrogen and oxygen atoms in total. The number of carbonyl (C=O) groups is 1. The van der Waals surface area contributed by atoms with Crippen LogP contribution in [0.25, 0.3) is 0 Å². The van der Waals surface area contributed by atoms with Gasteiger partial charge in [0, 0.05) is 18.8 Å². The zero-order valence-corrected chi connectivity index (χ0v) is 19.5. The number of fused-ring (bicyclic) bond motifs is 1. The molecule has 2 aromatic carbocycles. The highest BCUT2D eigenvalue weighted by atomic mass is 16.6. The van der Waals surface area contributed by atoms with Crippen LogP contribution in [0.15, 0.2) is 48.7 Å². The van der Waals surface area contributed by atoms with E-state index in [2.05, 4.69) is 11.7 Å². The quantitative estimate of drug-likeness (QED) is 0.323. The van der Waals surface area contributed by atoms with Crippen LogP contribution in [-0.4, -0.2) is 49.8 Å². The predicted molar refractivity (Wildman–Crippen MR) is 125 cm³/mol. The molecule has 3 rings (SSSR count). The molecule has 0 aromatic heterocycles. The van der Waals surface area contributed by atoms with Crippen molar-refractivity contribution in [1.82, 2.24) is 0 Å². The Morgan fingerprint density at radius 2 is 1.97 bits per heavy atom. The minimum absolute atomic E-state index is 0.0889. The van der Waals surface area contributed by atoms with Crippen molar-refractivity contribution in [3.05, 3.63) is 59.8 Å². The van der Waals surface area contributed by atoms with Crippen molar-refractivity contribution in [2.24, 2.45) is 0 Å². The van der Waals surface area contributed by atoms with Crippen LogP contribution in [0.2, 0.25) is 0 Å². The summed E-state index contributed by atoms with van der Waals surface area (Å²) >= 11 is 0. The zero-order chi connectivity index (χ0) is 24.0. The number of aromatic carboxylic acids is 1. The Labute approximate surface area is 194 Å². The second kappa shape index (κ2) is 10.8. The molecule has 33 heavy (non-hydrogen) atoms. The molecule has 0 radical (unpaired) electrons. The highest BCUT2D eigenvalue weighted by Gasteiger charge is 2.22. The van der Waals surface area contributed by atoms with Gasteiger partial charge < -0.3 is 24.2 Å². The van der Waals surface area contributed by atoms with Crippen LogP contribution in [0.5, 0.6) is 17.2 Å². The van der Waals surface area contributed by atoms with Gasteiger partial charge in [0.25, 0.3) is 5.71 Å². The molecule has 0 saturated carbocycles. The van der Waals surface area contributed by atoms with Crippen molar-refractivity contribution in [3.8, 4) is 17.2 Å². The van der Waals surface area contributed by atoms with Crippen LogP contribution >= 0.6 is 0 Å². The molecule has 8 heteroatoms. The summed E-state index contributed by atoms with van der Waals surface area (Å²) in [7, 11) is 1.94. The van der Waals surface area contributed by atoms with E-state index in [1.165, 1.54) is 12.1 Å². The maximum atomic E-state index is 11.5. The lowest BCUT2D eigenvalue weighted by molar-refractivity contribution is -0.753. The Morgan fingerprint density at radius 1 is 1.21 bits per heavy atom. The van der Waals surface area contributed by atoms with Crippen LogP contribution in [0.1, 0.15) is 43.1 Å². The molecule has 176 valence electrons. The smallest absolute Gasteiger partial charge is 0.335 e. The van der Waals surface area contributed by atoms with Crippen molar-refractivity contribution >= 4 is 17.4 Å². The van der Waals surface area contributed by atoms with Crippen LogP contribution in [0, 0.1) is 0 Å². The first-order chi connectivity index (χ1) is 15.8. The number of ether oxygens (including phenoxy) is 3. The number of nitrogens with one attached hydrogen (secondary N) is 1. The normalized spacial score (nSPS) is 13.4. The number of carboxylic acids is 1. The van der Waals surface area contributed by atoms with E-state index in [1.54, 1.807) is 6.07 Å². The van der Waals surface area contributed by atoms with E-state index in [0.717, 1.165) is 29.1 Å². The Morgan fingerprint density at radius 3 is 2.67 bits per heavy atom. The summed E-state index contributed by atoms with van der Waals surface area (Å²) in [5, 5.41) is 12.4. The predicted octanol–water partition coefficient (Wildman–Crippen LogP) is 2.80. The summed E-state index contributed by atoms with van der Waals surface area (Å²) in [5.74, 6) is 0.531. The van der Waals surface area contributed by atoms with Crippen LogP contribution in [0.3, 0.4) is 0 Å². The summed E-state index contributed by atoms with van der Waals surface area (Å²) in [5.41, 5.74) is 3.37. The molecule has 1 aliphatic rings. The summed E-state index contributed by atoms with van der Waals surface area (Å²) < 4.78 is 17.4. The summed E-state index contributed by atoms with van der Waals surface area (Å²) in [6.07, 6.45) is 0.746. The number of likely N-dealkylation sites (N-methyl/N-ethyl adjacent to an activating group) is 1. The van der Waals surface area contributed by atoms with Gasteiger partial charge in [-0.2, -0.15) is 0 Å². The largest absolute Gasteiger partial charge is 0.491 e. The van der Waals surface area contributed by atoms with Gasteiger partial charge in [-0.3, -0.25) is 4.84 Å². The lowest BCUT2D eigenvalue weighted by Gasteiger charge is -2.29. The molecule has 2 N–H and O–H groups in total. The van der Waals surface area contributed by atoms with Crippen molar-refractivity contribution in [3.63, 3.8) is 0 Å². The first-order valence-electron chi connectivity index (χ1n) is 10.9. The molecule has 1 heterocycles. The van der Waals surface area contributed by atoms with Crippen molar-refractivity contribution in [2.45, 2.75) is 33.3 Å². The van der Waals surface area contributed by atoms with E-state index in [-0.39, 0.29) is 18.3 Å². The van der Waals surface area contributed by atoms with E-state index >= 15 is 0 Å². The fourth-order valence-corrected chi connectivity index (χ4v) is 3.20. The fourth-order valence-electron chi connectivity index (χ4n) is 3.20. The van der Waals surface area contributed by atoms with Gasteiger partial charge in [-0.1, -0.05) is 13.5 Å². The third kappa shape index (κ3) is 6.19. The van der Waals surface area contributed by atoms with Crippen molar-refractivity contribution in [2.75, 3.05) is 31.8 Å². The van der Waals surface area contributed by atoms with Gasteiger partial charge >= 0.3 is 5.97 Å². The topological polar surface area (TPSA) is 91.4 Å². The number of carboxylic acid groups (broad SMARTS) is 1. The SMILES string of the molecule is C=C1COc2ccc(/C(COc3cc(OC(C)C)cc(C(=O)O)c3)=[NH+]/OCCC)cc2N1C. The molecule has 1 aliphatic heterocycles. The minimum atomic E-state index is -1.05. The Balaban J connectivity index is 1.88. The first-order valence-corrected chi connectivity index (χ1v) is 10.9. The second-order valence-electron chi connectivity index (χ2n) is 7.98. The second-order valence-corrected chi connectivity index (χ2v) is 7.98. The lowest BCUT2D eigenvalue weighted by atomic mass is 10.1. The average molecular weight is 456 g/mol. The summed E-state index contributed by atoms with van der Waals surface area (Å²) in [6.45, 7) is 10.9. The van der Waals surface area contributed by atoms with E-state index in [9.17, 15) is 9.90 Å². The first kappa shape index (κ1) is 24.0. The molecule has 0 amide bonds. The number of hydrogen-bond donors (Lipinski definition) is 2. The van der Waals surface area contributed by atoms with Gasteiger partial charge in [-0.25, -0.2) is 4.79 Å². The maximum absolute atomic E-state index is 11.5. The third-order valence-electron chi connectivity index (χ3n) is 4.92. The van der Waals surface area contributed by atoms with E-state index in [1.807, 2.05) is 50.9 Å². The number of rotatable bonds is 10. The van der Waals surface area contributed by atoms with Gasteiger partial charge in [-0.05, 0) is 55.8 Å². The Bertz CT molecular complexity index is 1050. The molecule has 0 aliphatic carbocycles. The molecule has 0 fully saturated rings. The molecular weight excluding hydrogens is 424 g/mol. The summed E-state index contributed by atoms with van der Waals surface area (Å²) in [6, 6.07) is 10.4. The van der Waals surface area contributed by atoms with Crippen LogP contribution in [0.4, 0.5) is 5.69 Å². The maximum Gasteiger partial charge on any atom is 0.335 e. The molecule has 0 bridgehead atoms. The molecule has 0 unspecified atom stereocenters. The van der Waals surface area contributed by atoms with Crippen molar-refractivity contribution in [1.29, 1.82) is 0 Å². The zero-order valence-electron chi connectivity index (χ0n) is 19.5. The molecule has 0 saturated heterocycles. The van der Waals surface area contributed by atoms with E-state index in [4.69, 9.17) is 19.0 Å². The van der Waals surface area contributed by atoms with Gasteiger partial charge in [0.2, 0.25) is 0 Å². The highest BCUT2D eigenvalue weighted by Crippen LogP contribution is 2.34. The minimum Gasteiger partial charge on any atom is -0.491 e. The average Bonchev–Trinajstić information content (AvgIpc) is 2.78. The Kier molecular flexibility index (Phi) is 7.82. The van der Waals surface area contributed by atoms with Crippen LogP contribution < -0.4 is 24.3 Å². The molecular formula is C25H31N2O6+. The van der Waals surface area contributed by atoms with Crippen LogP contribution in [-0.2, 0) is 4.84 Å². The summed E-state index contributed by atoms with van der Waals surface area (Å²) in [4.78, 5) is 19.1. The number of benzene rings is 2. The number of anilines is 1. The Hall–Kier alpha value is -3.68. The molecule has 2 aromatic rings.